The molecular formula is C24H22FN5O2S2. The van der Waals surface area contributed by atoms with Gasteiger partial charge in [0.05, 0.1) is 24.1 Å². The number of benzene rings is 2. The molecular weight excluding hydrogens is 473 g/mol. The molecule has 1 saturated heterocycles. The number of anilines is 1. The number of amides is 1. The van der Waals surface area contributed by atoms with Gasteiger partial charge in [0.15, 0.2) is 16.1 Å². The highest BCUT2D eigenvalue weighted by molar-refractivity contribution is 7.99. The molecule has 1 aliphatic heterocycles. The molecule has 174 valence electrons. The van der Waals surface area contributed by atoms with E-state index < -0.39 is 0 Å². The molecule has 7 nitrogen and oxygen atoms in total. The lowest BCUT2D eigenvalue weighted by Crippen LogP contribution is -2.18. The van der Waals surface area contributed by atoms with Crippen LogP contribution in [0.4, 0.5) is 9.52 Å². The predicted octanol–water partition coefficient (Wildman–Crippen LogP) is 5.12. The van der Waals surface area contributed by atoms with E-state index in [0.29, 0.717) is 22.7 Å². The second-order valence-electron chi connectivity index (χ2n) is 7.80. The van der Waals surface area contributed by atoms with Crippen LogP contribution in [0.2, 0.25) is 0 Å². The SMILES string of the molecule is O=C(CSc1nnc(-c2ccc(F)cc2)n1C[C@H]1CCCO1)Nc1nc(-c2ccccc2)cs1. The summed E-state index contributed by atoms with van der Waals surface area (Å²) in [5.41, 5.74) is 2.59. The van der Waals surface area contributed by atoms with Crippen LogP contribution >= 0.6 is 23.1 Å². The number of hydrogen-bond donors (Lipinski definition) is 1. The number of nitrogens with one attached hydrogen (secondary N) is 1. The zero-order valence-corrected chi connectivity index (χ0v) is 19.8. The Labute approximate surface area is 204 Å². The molecule has 2 aromatic heterocycles. The van der Waals surface area contributed by atoms with Crippen molar-refractivity contribution >= 4 is 34.1 Å². The summed E-state index contributed by atoms with van der Waals surface area (Å²) < 4.78 is 21.2. The van der Waals surface area contributed by atoms with Gasteiger partial charge in [-0.05, 0) is 37.1 Å². The molecule has 0 bridgehead atoms. The van der Waals surface area contributed by atoms with Gasteiger partial charge in [0.2, 0.25) is 5.91 Å². The topological polar surface area (TPSA) is 81.9 Å². The number of ether oxygens (including phenoxy) is 1. The normalized spacial score (nSPS) is 15.5. The summed E-state index contributed by atoms with van der Waals surface area (Å²) in [7, 11) is 0. The lowest BCUT2D eigenvalue weighted by molar-refractivity contribution is -0.113. The Bertz CT molecular complexity index is 1250. The molecule has 4 aromatic rings. The van der Waals surface area contributed by atoms with Crippen molar-refractivity contribution in [1.82, 2.24) is 19.7 Å². The summed E-state index contributed by atoms with van der Waals surface area (Å²) in [4.78, 5) is 17.1. The van der Waals surface area contributed by atoms with E-state index in [-0.39, 0.29) is 23.6 Å². The first-order valence-electron chi connectivity index (χ1n) is 10.9. The first-order valence-corrected chi connectivity index (χ1v) is 12.8. The smallest absolute Gasteiger partial charge is 0.236 e. The zero-order valence-electron chi connectivity index (χ0n) is 18.2. The number of carbonyl (C=O) groups excluding carboxylic acids is 1. The fraction of sp³-hybridized carbons (Fsp3) is 0.250. The highest BCUT2D eigenvalue weighted by Gasteiger charge is 2.22. The molecule has 10 heteroatoms. The quantitative estimate of drug-likeness (QED) is 0.342. The third-order valence-electron chi connectivity index (χ3n) is 5.38. The lowest BCUT2D eigenvalue weighted by Gasteiger charge is -2.14. The van der Waals surface area contributed by atoms with Crippen molar-refractivity contribution in [2.75, 3.05) is 17.7 Å². The standard InChI is InChI=1S/C24H22FN5O2S2/c25-18-10-8-17(9-11-18)22-28-29-24(30(22)13-19-7-4-12-32-19)34-15-21(31)27-23-26-20(14-33-23)16-5-2-1-3-6-16/h1-3,5-6,8-11,14,19H,4,7,12-13,15H2,(H,26,27,31)/t19-/m1/s1. The fourth-order valence-electron chi connectivity index (χ4n) is 3.72. The van der Waals surface area contributed by atoms with E-state index >= 15 is 0 Å². The van der Waals surface area contributed by atoms with Gasteiger partial charge in [-0.25, -0.2) is 9.37 Å². The minimum Gasteiger partial charge on any atom is -0.376 e. The fourth-order valence-corrected chi connectivity index (χ4v) is 5.21. The molecule has 2 aromatic carbocycles. The number of aromatic nitrogens is 4. The van der Waals surface area contributed by atoms with E-state index in [1.807, 2.05) is 40.3 Å². The molecule has 0 unspecified atom stereocenters. The first-order chi connectivity index (χ1) is 16.7. The summed E-state index contributed by atoms with van der Waals surface area (Å²) in [5, 5.41) is 14.6. The number of nitrogens with zero attached hydrogens (tertiary/aromatic N) is 4. The molecule has 0 saturated carbocycles. The van der Waals surface area contributed by atoms with Crippen LogP contribution in [-0.4, -0.2) is 44.1 Å². The Morgan fingerprint density at radius 3 is 2.74 bits per heavy atom. The van der Waals surface area contributed by atoms with Gasteiger partial charge in [0.1, 0.15) is 5.82 Å². The Hall–Kier alpha value is -3.08. The average Bonchev–Trinajstić information content (AvgIpc) is 3.61. The van der Waals surface area contributed by atoms with E-state index in [0.717, 1.165) is 36.3 Å². The summed E-state index contributed by atoms with van der Waals surface area (Å²) in [5.74, 6) is 0.311. The highest BCUT2D eigenvalue weighted by atomic mass is 32.2. The van der Waals surface area contributed by atoms with E-state index in [1.165, 1.54) is 35.2 Å². The van der Waals surface area contributed by atoms with Crippen LogP contribution in [0.5, 0.6) is 0 Å². The van der Waals surface area contributed by atoms with Crippen LogP contribution in [0, 0.1) is 5.82 Å². The van der Waals surface area contributed by atoms with Gasteiger partial charge in [0, 0.05) is 23.1 Å². The lowest BCUT2D eigenvalue weighted by atomic mass is 10.2. The molecule has 3 heterocycles. The second-order valence-corrected chi connectivity index (χ2v) is 9.60. The van der Waals surface area contributed by atoms with Crippen LogP contribution in [0.1, 0.15) is 12.8 Å². The van der Waals surface area contributed by atoms with Crippen molar-refractivity contribution in [1.29, 1.82) is 0 Å². The summed E-state index contributed by atoms with van der Waals surface area (Å²) in [6.07, 6.45) is 2.04. The van der Waals surface area contributed by atoms with Crippen molar-refractivity contribution < 1.29 is 13.9 Å². The summed E-state index contributed by atoms with van der Waals surface area (Å²) in [6.45, 7) is 1.32. The summed E-state index contributed by atoms with van der Waals surface area (Å²) in [6, 6.07) is 16.0. The Morgan fingerprint density at radius 1 is 1.15 bits per heavy atom. The van der Waals surface area contributed by atoms with Crippen molar-refractivity contribution in [3.8, 4) is 22.6 Å². The van der Waals surface area contributed by atoms with Crippen molar-refractivity contribution in [2.24, 2.45) is 0 Å². The maximum absolute atomic E-state index is 13.4. The molecule has 1 fully saturated rings. The van der Waals surface area contributed by atoms with Crippen molar-refractivity contribution in [3.05, 3.63) is 65.8 Å². The van der Waals surface area contributed by atoms with Gasteiger partial charge in [-0.2, -0.15) is 0 Å². The molecule has 1 N–H and O–H groups in total. The molecule has 34 heavy (non-hydrogen) atoms. The molecule has 0 spiro atoms. The molecule has 0 radical (unpaired) electrons. The third-order valence-corrected chi connectivity index (χ3v) is 7.11. The van der Waals surface area contributed by atoms with Gasteiger partial charge in [0.25, 0.3) is 0 Å². The number of hydrogen-bond acceptors (Lipinski definition) is 7. The Kier molecular flexibility index (Phi) is 6.98. The first kappa shape index (κ1) is 22.7. The minimum atomic E-state index is -0.308. The molecule has 1 atom stereocenters. The average molecular weight is 496 g/mol. The second kappa shape index (κ2) is 10.5. The van der Waals surface area contributed by atoms with Crippen molar-refractivity contribution in [2.45, 2.75) is 30.6 Å². The number of carbonyl (C=O) groups is 1. The van der Waals surface area contributed by atoms with Crippen molar-refractivity contribution in [3.63, 3.8) is 0 Å². The number of thiazole rings is 1. The van der Waals surface area contributed by atoms with Crippen LogP contribution in [-0.2, 0) is 16.1 Å². The van der Waals surface area contributed by atoms with Gasteiger partial charge < -0.3 is 10.1 Å². The maximum atomic E-state index is 13.4. The van der Waals surface area contributed by atoms with Crippen LogP contribution in [0.25, 0.3) is 22.6 Å². The third kappa shape index (κ3) is 5.35. The largest absolute Gasteiger partial charge is 0.376 e. The van der Waals surface area contributed by atoms with Crippen LogP contribution in [0.3, 0.4) is 0 Å². The van der Waals surface area contributed by atoms with Gasteiger partial charge in [-0.1, -0.05) is 42.1 Å². The Balaban J connectivity index is 1.27. The maximum Gasteiger partial charge on any atom is 0.236 e. The van der Waals surface area contributed by atoms with Gasteiger partial charge >= 0.3 is 0 Å². The van der Waals surface area contributed by atoms with Gasteiger partial charge in [-0.15, -0.1) is 21.5 Å². The number of halogens is 1. The minimum absolute atomic E-state index is 0.0649. The van der Waals surface area contributed by atoms with E-state index in [9.17, 15) is 9.18 Å². The van der Waals surface area contributed by atoms with E-state index in [4.69, 9.17) is 4.74 Å². The predicted molar refractivity (Wildman–Crippen MR) is 131 cm³/mol. The Morgan fingerprint density at radius 2 is 1.97 bits per heavy atom. The highest BCUT2D eigenvalue weighted by Crippen LogP contribution is 2.28. The number of thioether (sulfide) groups is 1. The van der Waals surface area contributed by atoms with Crippen LogP contribution < -0.4 is 5.32 Å². The zero-order chi connectivity index (χ0) is 23.3. The molecule has 1 amide bonds. The number of rotatable bonds is 8. The molecule has 0 aliphatic carbocycles. The molecule has 5 rings (SSSR count). The van der Waals surface area contributed by atoms with Crippen LogP contribution in [0.15, 0.2) is 65.1 Å². The molecule has 1 aliphatic rings. The monoisotopic (exact) mass is 495 g/mol. The van der Waals surface area contributed by atoms with E-state index in [2.05, 4.69) is 20.5 Å². The van der Waals surface area contributed by atoms with E-state index in [1.54, 1.807) is 12.1 Å². The van der Waals surface area contributed by atoms with Gasteiger partial charge in [-0.3, -0.25) is 9.36 Å². The summed E-state index contributed by atoms with van der Waals surface area (Å²) >= 11 is 2.69.